The summed E-state index contributed by atoms with van der Waals surface area (Å²) >= 11 is 0. The highest BCUT2D eigenvalue weighted by Crippen LogP contribution is 2.33. The lowest BCUT2D eigenvalue weighted by Gasteiger charge is -2.13. The van der Waals surface area contributed by atoms with Crippen molar-refractivity contribution in [1.82, 2.24) is 5.32 Å². The van der Waals surface area contributed by atoms with Crippen LogP contribution in [0.1, 0.15) is 43.6 Å². The number of para-hydroxylation sites is 1. The van der Waals surface area contributed by atoms with Gasteiger partial charge >= 0.3 is 0 Å². The van der Waals surface area contributed by atoms with Gasteiger partial charge in [0.1, 0.15) is 0 Å². The van der Waals surface area contributed by atoms with E-state index in [4.69, 9.17) is 0 Å². The number of fused-ring (bicyclic) bond motifs is 1. The molecule has 3 nitrogen and oxygen atoms in total. The maximum atomic E-state index is 12.0. The molecule has 1 aromatic carbocycles. The molecule has 1 aliphatic heterocycles. The summed E-state index contributed by atoms with van der Waals surface area (Å²) in [5, 5.41) is 6.49. The van der Waals surface area contributed by atoms with Crippen LogP contribution in [0.4, 0.5) is 5.69 Å². The molecule has 0 radical (unpaired) electrons. The van der Waals surface area contributed by atoms with Gasteiger partial charge in [-0.15, -0.1) is 0 Å². The Kier molecular flexibility index (Phi) is 3.72. The Morgan fingerprint density at radius 2 is 2.05 bits per heavy atom. The predicted molar refractivity (Wildman–Crippen MR) is 77.3 cm³/mol. The third-order valence-electron chi connectivity index (χ3n) is 4.43. The second kappa shape index (κ2) is 5.64. The summed E-state index contributed by atoms with van der Waals surface area (Å²) in [6, 6.07) is 8.31. The maximum Gasteiger partial charge on any atom is 0.220 e. The molecule has 1 fully saturated rings. The van der Waals surface area contributed by atoms with Gasteiger partial charge in [0.05, 0.1) is 0 Å². The quantitative estimate of drug-likeness (QED) is 0.872. The van der Waals surface area contributed by atoms with Gasteiger partial charge in [-0.1, -0.05) is 31.0 Å². The summed E-state index contributed by atoms with van der Waals surface area (Å²) in [6.07, 6.45) is 5.85. The molecule has 1 amide bonds. The van der Waals surface area contributed by atoms with E-state index in [1.807, 2.05) is 6.07 Å². The first-order valence-corrected chi connectivity index (χ1v) is 7.42. The molecular formula is C16H22N2O. The van der Waals surface area contributed by atoms with E-state index >= 15 is 0 Å². The lowest BCUT2D eigenvalue weighted by Crippen LogP contribution is -2.29. The molecule has 3 heteroatoms. The third kappa shape index (κ3) is 2.91. The van der Waals surface area contributed by atoms with Gasteiger partial charge in [-0.2, -0.15) is 0 Å². The van der Waals surface area contributed by atoms with Crippen LogP contribution in [0.2, 0.25) is 0 Å². The summed E-state index contributed by atoms with van der Waals surface area (Å²) in [6.45, 7) is 1.76. The number of benzene rings is 1. The van der Waals surface area contributed by atoms with E-state index in [0.29, 0.717) is 12.3 Å². The Morgan fingerprint density at radius 3 is 2.89 bits per heavy atom. The summed E-state index contributed by atoms with van der Waals surface area (Å²) in [5.41, 5.74) is 2.48. The number of amides is 1. The molecule has 19 heavy (non-hydrogen) atoms. The molecule has 0 bridgehead atoms. The second-order valence-corrected chi connectivity index (χ2v) is 5.82. The van der Waals surface area contributed by atoms with E-state index in [9.17, 15) is 4.79 Å². The average Bonchev–Trinajstić information content (AvgIpc) is 3.07. The fourth-order valence-electron chi connectivity index (χ4n) is 3.31. The van der Waals surface area contributed by atoms with Crippen molar-refractivity contribution in [3.63, 3.8) is 0 Å². The first-order chi connectivity index (χ1) is 9.33. The van der Waals surface area contributed by atoms with Crippen molar-refractivity contribution in [2.75, 3.05) is 18.4 Å². The van der Waals surface area contributed by atoms with Crippen LogP contribution in [0.15, 0.2) is 24.3 Å². The van der Waals surface area contributed by atoms with Crippen molar-refractivity contribution >= 4 is 11.6 Å². The van der Waals surface area contributed by atoms with Crippen LogP contribution in [0, 0.1) is 5.92 Å². The summed E-state index contributed by atoms with van der Waals surface area (Å²) in [5.74, 6) is 1.26. The summed E-state index contributed by atoms with van der Waals surface area (Å²) < 4.78 is 0. The zero-order chi connectivity index (χ0) is 13.1. The van der Waals surface area contributed by atoms with E-state index in [1.165, 1.54) is 36.9 Å². The van der Waals surface area contributed by atoms with Gasteiger partial charge in [0, 0.05) is 31.1 Å². The predicted octanol–water partition coefficient (Wildman–Crippen LogP) is 2.89. The van der Waals surface area contributed by atoms with Crippen LogP contribution >= 0.6 is 0 Å². The van der Waals surface area contributed by atoms with Crippen LogP contribution in [0.3, 0.4) is 0 Å². The van der Waals surface area contributed by atoms with E-state index in [0.717, 1.165) is 19.0 Å². The highest BCUT2D eigenvalue weighted by Gasteiger charge is 2.24. The summed E-state index contributed by atoms with van der Waals surface area (Å²) in [4.78, 5) is 12.0. The molecule has 0 spiro atoms. The Bertz CT molecular complexity index is 452. The minimum atomic E-state index is 0.204. The second-order valence-electron chi connectivity index (χ2n) is 5.82. The minimum Gasteiger partial charge on any atom is -0.384 e. The van der Waals surface area contributed by atoms with E-state index in [1.54, 1.807) is 0 Å². The van der Waals surface area contributed by atoms with Gasteiger partial charge in [-0.3, -0.25) is 4.79 Å². The van der Waals surface area contributed by atoms with Crippen LogP contribution in [0.25, 0.3) is 0 Å². The lowest BCUT2D eigenvalue weighted by molar-refractivity contribution is -0.121. The first-order valence-electron chi connectivity index (χ1n) is 7.42. The Balaban J connectivity index is 1.50. The molecule has 1 unspecified atom stereocenters. The SMILES string of the molecule is O=C(CC1CNc2ccccc21)NCC1CCCC1. The number of hydrogen-bond donors (Lipinski definition) is 2. The summed E-state index contributed by atoms with van der Waals surface area (Å²) in [7, 11) is 0. The van der Waals surface area contributed by atoms with Crippen molar-refractivity contribution in [2.24, 2.45) is 5.92 Å². The molecule has 1 saturated carbocycles. The van der Waals surface area contributed by atoms with Crippen molar-refractivity contribution < 1.29 is 4.79 Å². The Morgan fingerprint density at radius 1 is 1.26 bits per heavy atom. The fourth-order valence-corrected chi connectivity index (χ4v) is 3.31. The smallest absolute Gasteiger partial charge is 0.220 e. The largest absolute Gasteiger partial charge is 0.384 e. The minimum absolute atomic E-state index is 0.204. The zero-order valence-corrected chi connectivity index (χ0v) is 11.3. The van der Waals surface area contributed by atoms with Crippen molar-refractivity contribution in [1.29, 1.82) is 0 Å². The number of anilines is 1. The van der Waals surface area contributed by atoms with Crippen LogP contribution < -0.4 is 10.6 Å². The highest BCUT2D eigenvalue weighted by molar-refractivity contribution is 5.78. The molecule has 2 aliphatic rings. The number of rotatable bonds is 4. The zero-order valence-electron chi connectivity index (χ0n) is 11.3. The molecule has 102 valence electrons. The number of carbonyl (C=O) groups excluding carboxylic acids is 1. The molecule has 1 aliphatic carbocycles. The Labute approximate surface area is 114 Å². The van der Waals surface area contributed by atoms with Gasteiger partial charge in [-0.25, -0.2) is 0 Å². The molecule has 1 heterocycles. The molecule has 0 aromatic heterocycles. The van der Waals surface area contributed by atoms with Gasteiger partial charge in [0.2, 0.25) is 5.91 Å². The molecule has 3 rings (SSSR count). The molecule has 0 saturated heterocycles. The average molecular weight is 258 g/mol. The third-order valence-corrected chi connectivity index (χ3v) is 4.43. The van der Waals surface area contributed by atoms with E-state index in [-0.39, 0.29) is 5.91 Å². The van der Waals surface area contributed by atoms with Crippen molar-refractivity contribution in [3.8, 4) is 0 Å². The van der Waals surface area contributed by atoms with E-state index in [2.05, 4.69) is 28.8 Å². The van der Waals surface area contributed by atoms with Gasteiger partial charge < -0.3 is 10.6 Å². The lowest BCUT2D eigenvalue weighted by atomic mass is 9.97. The fraction of sp³-hybridized carbons (Fsp3) is 0.562. The van der Waals surface area contributed by atoms with E-state index < -0.39 is 0 Å². The molecule has 1 atom stereocenters. The normalized spacial score (nSPS) is 22.0. The topological polar surface area (TPSA) is 41.1 Å². The molecule has 2 N–H and O–H groups in total. The van der Waals surface area contributed by atoms with Gasteiger partial charge in [0.25, 0.3) is 0 Å². The monoisotopic (exact) mass is 258 g/mol. The maximum absolute atomic E-state index is 12.0. The first kappa shape index (κ1) is 12.5. The van der Waals surface area contributed by atoms with Crippen LogP contribution in [-0.2, 0) is 4.79 Å². The van der Waals surface area contributed by atoms with Crippen LogP contribution in [-0.4, -0.2) is 19.0 Å². The number of nitrogens with one attached hydrogen (secondary N) is 2. The van der Waals surface area contributed by atoms with Crippen molar-refractivity contribution in [3.05, 3.63) is 29.8 Å². The molecule has 1 aromatic rings. The molecular weight excluding hydrogens is 236 g/mol. The Hall–Kier alpha value is -1.51. The van der Waals surface area contributed by atoms with Gasteiger partial charge in [0.15, 0.2) is 0 Å². The van der Waals surface area contributed by atoms with Gasteiger partial charge in [-0.05, 0) is 30.4 Å². The number of carbonyl (C=O) groups is 1. The van der Waals surface area contributed by atoms with Crippen LogP contribution in [0.5, 0.6) is 0 Å². The number of hydrogen-bond acceptors (Lipinski definition) is 2. The standard InChI is InChI=1S/C16H22N2O/c19-16(18-10-12-5-1-2-6-12)9-13-11-17-15-8-4-3-7-14(13)15/h3-4,7-8,12-13,17H,1-2,5-6,9-11H2,(H,18,19). The van der Waals surface area contributed by atoms with Crippen molar-refractivity contribution in [2.45, 2.75) is 38.0 Å². The highest BCUT2D eigenvalue weighted by atomic mass is 16.1.